The highest BCUT2D eigenvalue weighted by Gasteiger charge is 2.20. The molecule has 0 radical (unpaired) electrons. The molecular formula is C18H20N4O. The molecule has 0 aliphatic carbocycles. The number of hydrogen-bond donors (Lipinski definition) is 0. The third-order valence-corrected chi connectivity index (χ3v) is 3.89. The Morgan fingerprint density at radius 2 is 1.83 bits per heavy atom. The van der Waals surface area contributed by atoms with E-state index >= 15 is 0 Å². The molecule has 0 unspecified atom stereocenters. The highest BCUT2D eigenvalue weighted by atomic mass is 16.2. The summed E-state index contributed by atoms with van der Waals surface area (Å²) in [5.74, 6) is 0.787. The standard InChI is InChI=1S/C18H20N4O/c1-15-4-2-5-16(14-15)6-7-17(23)21-10-12-22(13-11-21)18-19-8-3-9-20-18/h2-9,14H,10-13H2,1H3/b7-6+. The first-order valence-electron chi connectivity index (χ1n) is 7.78. The van der Waals surface area contributed by atoms with Crippen LogP contribution in [0.15, 0.2) is 48.8 Å². The lowest BCUT2D eigenvalue weighted by Gasteiger charge is -2.34. The van der Waals surface area contributed by atoms with E-state index in [1.54, 1.807) is 24.5 Å². The first kappa shape index (κ1) is 15.2. The van der Waals surface area contributed by atoms with Gasteiger partial charge in [-0.05, 0) is 24.6 Å². The highest BCUT2D eigenvalue weighted by molar-refractivity contribution is 5.92. The lowest BCUT2D eigenvalue weighted by atomic mass is 10.1. The van der Waals surface area contributed by atoms with Gasteiger partial charge in [0.25, 0.3) is 0 Å². The van der Waals surface area contributed by atoms with E-state index in [0.29, 0.717) is 13.1 Å². The van der Waals surface area contributed by atoms with E-state index in [2.05, 4.69) is 20.9 Å². The Bertz CT molecular complexity index is 691. The van der Waals surface area contributed by atoms with Gasteiger partial charge >= 0.3 is 0 Å². The van der Waals surface area contributed by atoms with Gasteiger partial charge in [-0.2, -0.15) is 0 Å². The maximum atomic E-state index is 12.3. The number of rotatable bonds is 3. The Hall–Kier alpha value is -2.69. The van der Waals surface area contributed by atoms with E-state index in [1.165, 1.54) is 5.56 Å². The van der Waals surface area contributed by atoms with Crippen molar-refractivity contribution in [3.05, 3.63) is 59.9 Å². The summed E-state index contributed by atoms with van der Waals surface area (Å²) >= 11 is 0. The monoisotopic (exact) mass is 308 g/mol. The van der Waals surface area contributed by atoms with Crippen LogP contribution >= 0.6 is 0 Å². The van der Waals surface area contributed by atoms with Crippen LogP contribution < -0.4 is 4.90 Å². The lowest BCUT2D eigenvalue weighted by Crippen LogP contribution is -2.48. The normalized spacial score (nSPS) is 15.2. The minimum absolute atomic E-state index is 0.0557. The number of aryl methyl sites for hydroxylation is 1. The lowest BCUT2D eigenvalue weighted by molar-refractivity contribution is -0.126. The summed E-state index contributed by atoms with van der Waals surface area (Å²) in [4.78, 5) is 24.8. The second-order valence-electron chi connectivity index (χ2n) is 5.61. The molecule has 0 bridgehead atoms. The summed E-state index contributed by atoms with van der Waals surface area (Å²) in [5.41, 5.74) is 2.24. The van der Waals surface area contributed by atoms with Crippen molar-refractivity contribution in [1.82, 2.24) is 14.9 Å². The second-order valence-corrected chi connectivity index (χ2v) is 5.61. The smallest absolute Gasteiger partial charge is 0.246 e. The number of aromatic nitrogens is 2. The number of nitrogens with zero attached hydrogens (tertiary/aromatic N) is 4. The Morgan fingerprint density at radius 3 is 2.52 bits per heavy atom. The van der Waals surface area contributed by atoms with Crippen molar-refractivity contribution < 1.29 is 4.79 Å². The Balaban J connectivity index is 1.56. The Kier molecular flexibility index (Phi) is 4.66. The molecule has 5 heteroatoms. The van der Waals surface area contributed by atoms with E-state index in [0.717, 1.165) is 24.6 Å². The molecule has 0 atom stereocenters. The quantitative estimate of drug-likeness (QED) is 0.815. The van der Waals surface area contributed by atoms with Gasteiger partial charge in [0.1, 0.15) is 0 Å². The molecule has 1 saturated heterocycles. The van der Waals surface area contributed by atoms with Gasteiger partial charge in [-0.1, -0.05) is 29.8 Å². The number of benzene rings is 1. The number of amides is 1. The summed E-state index contributed by atoms with van der Waals surface area (Å²) in [6.45, 7) is 4.94. The third-order valence-electron chi connectivity index (χ3n) is 3.89. The molecule has 1 aromatic heterocycles. The van der Waals surface area contributed by atoms with Gasteiger partial charge in [0.15, 0.2) is 0 Å². The predicted molar refractivity (Wildman–Crippen MR) is 91.0 cm³/mol. The largest absolute Gasteiger partial charge is 0.337 e. The molecule has 1 aromatic carbocycles. The molecule has 5 nitrogen and oxygen atoms in total. The summed E-state index contributed by atoms with van der Waals surface area (Å²) in [6, 6.07) is 9.91. The summed E-state index contributed by atoms with van der Waals surface area (Å²) < 4.78 is 0. The van der Waals surface area contributed by atoms with Crippen molar-refractivity contribution in [3.8, 4) is 0 Å². The fourth-order valence-electron chi connectivity index (χ4n) is 2.63. The fraction of sp³-hybridized carbons (Fsp3) is 0.278. The van der Waals surface area contributed by atoms with Crippen LogP contribution in [0.5, 0.6) is 0 Å². The van der Waals surface area contributed by atoms with Gasteiger partial charge < -0.3 is 9.80 Å². The molecule has 0 saturated carbocycles. The topological polar surface area (TPSA) is 49.3 Å². The van der Waals surface area contributed by atoms with Crippen molar-refractivity contribution in [2.24, 2.45) is 0 Å². The van der Waals surface area contributed by atoms with Crippen LogP contribution in [0, 0.1) is 6.92 Å². The first-order chi connectivity index (χ1) is 11.2. The molecule has 118 valence electrons. The van der Waals surface area contributed by atoms with E-state index < -0.39 is 0 Å². The van der Waals surface area contributed by atoms with E-state index in [4.69, 9.17) is 0 Å². The average Bonchev–Trinajstić information content (AvgIpc) is 2.61. The molecule has 23 heavy (non-hydrogen) atoms. The molecule has 1 amide bonds. The van der Waals surface area contributed by atoms with Crippen LogP contribution in [0.3, 0.4) is 0 Å². The summed E-state index contributed by atoms with van der Waals surface area (Å²) in [5, 5.41) is 0. The van der Waals surface area contributed by atoms with Gasteiger partial charge in [0.05, 0.1) is 0 Å². The average molecular weight is 308 g/mol. The SMILES string of the molecule is Cc1cccc(/C=C/C(=O)N2CCN(c3ncccn3)CC2)c1. The van der Waals surface area contributed by atoms with Crippen molar-refractivity contribution in [2.75, 3.05) is 31.1 Å². The molecule has 1 aliphatic rings. The molecule has 0 spiro atoms. The van der Waals surface area contributed by atoms with Crippen LogP contribution in [0.1, 0.15) is 11.1 Å². The van der Waals surface area contributed by atoms with Crippen LogP contribution in [-0.2, 0) is 4.79 Å². The zero-order chi connectivity index (χ0) is 16.1. The maximum Gasteiger partial charge on any atom is 0.246 e. The molecule has 0 N–H and O–H groups in total. The Morgan fingerprint density at radius 1 is 1.09 bits per heavy atom. The van der Waals surface area contributed by atoms with E-state index in [1.807, 2.05) is 36.1 Å². The van der Waals surface area contributed by atoms with Gasteiger partial charge in [0, 0.05) is 44.6 Å². The Labute approximate surface area is 136 Å². The fourth-order valence-corrected chi connectivity index (χ4v) is 2.63. The van der Waals surface area contributed by atoms with Crippen LogP contribution in [0.25, 0.3) is 6.08 Å². The van der Waals surface area contributed by atoms with Gasteiger partial charge in [-0.3, -0.25) is 4.79 Å². The molecule has 1 aliphatic heterocycles. The zero-order valence-electron chi connectivity index (χ0n) is 13.2. The van der Waals surface area contributed by atoms with Crippen molar-refractivity contribution in [2.45, 2.75) is 6.92 Å². The van der Waals surface area contributed by atoms with Crippen molar-refractivity contribution in [1.29, 1.82) is 0 Å². The number of carbonyl (C=O) groups is 1. The molecular weight excluding hydrogens is 288 g/mol. The van der Waals surface area contributed by atoms with Crippen molar-refractivity contribution in [3.63, 3.8) is 0 Å². The van der Waals surface area contributed by atoms with Crippen LogP contribution in [-0.4, -0.2) is 47.0 Å². The minimum Gasteiger partial charge on any atom is -0.337 e. The number of hydrogen-bond acceptors (Lipinski definition) is 4. The molecule has 2 heterocycles. The van der Waals surface area contributed by atoms with Gasteiger partial charge in [0.2, 0.25) is 11.9 Å². The predicted octanol–water partition coefficient (Wildman–Crippen LogP) is 2.15. The molecule has 1 fully saturated rings. The summed E-state index contributed by atoms with van der Waals surface area (Å²) in [7, 11) is 0. The van der Waals surface area contributed by atoms with E-state index in [9.17, 15) is 4.79 Å². The zero-order valence-corrected chi connectivity index (χ0v) is 13.2. The maximum absolute atomic E-state index is 12.3. The van der Waals surface area contributed by atoms with E-state index in [-0.39, 0.29) is 5.91 Å². The van der Waals surface area contributed by atoms with Crippen molar-refractivity contribution >= 4 is 17.9 Å². The minimum atomic E-state index is 0.0557. The number of piperazine rings is 1. The summed E-state index contributed by atoms with van der Waals surface area (Å²) in [6.07, 6.45) is 7.01. The highest BCUT2D eigenvalue weighted by Crippen LogP contribution is 2.11. The first-order valence-corrected chi connectivity index (χ1v) is 7.78. The van der Waals surface area contributed by atoms with Gasteiger partial charge in [-0.15, -0.1) is 0 Å². The molecule has 3 rings (SSSR count). The van der Waals surface area contributed by atoms with Crippen LogP contribution in [0.4, 0.5) is 5.95 Å². The number of carbonyl (C=O) groups excluding carboxylic acids is 1. The second kappa shape index (κ2) is 7.05. The third kappa shape index (κ3) is 3.94. The number of anilines is 1. The van der Waals surface area contributed by atoms with Crippen LogP contribution in [0.2, 0.25) is 0 Å². The van der Waals surface area contributed by atoms with Gasteiger partial charge in [-0.25, -0.2) is 9.97 Å². The molecule has 2 aromatic rings.